The highest BCUT2D eigenvalue weighted by atomic mass is 32.2. The van der Waals surface area contributed by atoms with Gasteiger partial charge in [0, 0.05) is 12.6 Å². The Bertz CT molecular complexity index is 1200. The summed E-state index contributed by atoms with van der Waals surface area (Å²) in [5.74, 6) is -0.251. The van der Waals surface area contributed by atoms with Crippen molar-refractivity contribution in [3.05, 3.63) is 94.5 Å². The number of aryl methyl sites for hydroxylation is 3. The normalized spacial score (nSPS) is 12.3. The molecule has 5 nitrogen and oxygen atoms in total. The lowest BCUT2D eigenvalue weighted by molar-refractivity contribution is 0.0940. The Kier molecular flexibility index (Phi) is 6.51. The van der Waals surface area contributed by atoms with Crippen LogP contribution in [0.3, 0.4) is 0 Å². The van der Waals surface area contributed by atoms with Gasteiger partial charge in [0.25, 0.3) is 15.9 Å². The first-order valence-electron chi connectivity index (χ1n) is 10.1. The molecule has 0 saturated carbocycles. The SMILES string of the molecule is Cc1ccc([C@@H](C)NC(=O)c2ccc(C)c(N(C)S(=O)(=O)c3ccccc3)c2)c(C)c1. The molecule has 3 rings (SSSR count). The van der Waals surface area contributed by atoms with Crippen LogP contribution < -0.4 is 9.62 Å². The second-order valence-corrected chi connectivity index (χ2v) is 9.81. The summed E-state index contributed by atoms with van der Waals surface area (Å²) < 4.78 is 27.3. The predicted molar refractivity (Wildman–Crippen MR) is 125 cm³/mol. The maximum atomic E-state index is 13.0. The average molecular weight is 437 g/mol. The van der Waals surface area contributed by atoms with Crippen LogP contribution in [0.2, 0.25) is 0 Å². The number of benzene rings is 3. The molecule has 0 spiro atoms. The number of sulfonamides is 1. The molecule has 0 radical (unpaired) electrons. The van der Waals surface area contributed by atoms with Crippen LogP contribution in [0, 0.1) is 20.8 Å². The molecular weight excluding hydrogens is 408 g/mol. The van der Waals surface area contributed by atoms with Gasteiger partial charge in [-0.15, -0.1) is 0 Å². The molecule has 3 aromatic rings. The van der Waals surface area contributed by atoms with E-state index in [0.29, 0.717) is 11.3 Å². The second-order valence-electron chi connectivity index (χ2n) is 7.84. The van der Waals surface area contributed by atoms with Crippen LogP contribution in [-0.2, 0) is 10.0 Å². The van der Waals surface area contributed by atoms with Crippen LogP contribution in [0.25, 0.3) is 0 Å². The van der Waals surface area contributed by atoms with Crippen LogP contribution >= 0.6 is 0 Å². The van der Waals surface area contributed by atoms with E-state index in [1.165, 1.54) is 16.9 Å². The van der Waals surface area contributed by atoms with Gasteiger partial charge in [0.05, 0.1) is 16.6 Å². The summed E-state index contributed by atoms with van der Waals surface area (Å²) in [4.78, 5) is 13.1. The summed E-state index contributed by atoms with van der Waals surface area (Å²) in [6, 6.07) is 19.3. The zero-order valence-corrected chi connectivity index (χ0v) is 19.3. The maximum absolute atomic E-state index is 13.0. The maximum Gasteiger partial charge on any atom is 0.264 e. The van der Waals surface area contributed by atoms with Crippen molar-refractivity contribution in [2.24, 2.45) is 0 Å². The van der Waals surface area contributed by atoms with E-state index in [9.17, 15) is 13.2 Å². The number of carbonyl (C=O) groups is 1. The van der Waals surface area contributed by atoms with E-state index in [1.54, 1.807) is 48.5 Å². The third-order valence-electron chi connectivity index (χ3n) is 5.45. The molecule has 0 fully saturated rings. The number of nitrogens with one attached hydrogen (secondary N) is 1. The van der Waals surface area contributed by atoms with Gasteiger partial charge in [-0.3, -0.25) is 9.10 Å². The van der Waals surface area contributed by atoms with Crippen LogP contribution in [0.1, 0.15) is 45.6 Å². The molecule has 0 heterocycles. The van der Waals surface area contributed by atoms with Gasteiger partial charge in [0.15, 0.2) is 0 Å². The van der Waals surface area contributed by atoms with Gasteiger partial charge in [-0.25, -0.2) is 8.42 Å². The van der Waals surface area contributed by atoms with E-state index in [1.807, 2.05) is 39.8 Å². The quantitative estimate of drug-likeness (QED) is 0.596. The molecule has 0 saturated heterocycles. The van der Waals surface area contributed by atoms with Gasteiger partial charge in [-0.1, -0.05) is 48.0 Å². The second kappa shape index (κ2) is 8.94. The van der Waals surface area contributed by atoms with Crippen LogP contribution in [0.15, 0.2) is 71.6 Å². The lowest BCUT2D eigenvalue weighted by atomic mass is 10.00. The molecule has 1 amide bonds. The van der Waals surface area contributed by atoms with E-state index in [0.717, 1.165) is 16.7 Å². The van der Waals surface area contributed by atoms with Crippen LogP contribution in [-0.4, -0.2) is 21.4 Å². The predicted octanol–water partition coefficient (Wildman–Crippen LogP) is 4.93. The molecule has 0 bridgehead atoms. The minimum Gasteiger partial charge on any atom is -0.346 e. The van der Waals surface area contributed by atoms with Crippen molar-refractivity contribution in [3.8, 4) is 0 Å². The number of amides is 1. The molecule has 31 heavy (non-hydrogen) atoms. The van der Waals surface area contributed by atoms with Crippen molar-refractivity contribution in [1.29, 1.82) is 0 Å². The Morgan fingerprint density at radius 1 is 0.903 bits per heavy atom. The van der Waals surface area contributed by atoms with Gasteiger partial charge < -0.3 is 5.32 Å². The molecule has 0 unspecified atom stereocenters. The highest BCUT2D eigenvalue weighted by Crippen LogP contribution is 2.27. The number of hydrogen-bond acceptors (Lipinski definition) is 3. The summed E-state index contributed by atoms with van der Waals surface area (Å²) in [7, 11) is -2.23. The Labute approximate surface area is 184 Å². The van der Waals surface area contributed by atoms with Crippen molar-refractivity contribution >= 4 is 21.6 Å². The van der Waals surface area contributed by atoms with Gasteiger partial charge >= 0.3 is 0 Å². The van der Waals surface area contributed by atoms with Crippen LogP contribution in [0.4, 0.5) is 5.69 Å². The van der Waals surface area contributed by atoms with Gasteiger partial charge in [0.1, 0.15) is 0 Å². The van der Waals surface area contributed by atoms with Crippen LogP contribution in [0.5, 0.6) is 0 Å². The highest BCUT2D eigenvalue weighted by Gasteiger charge is 2.23. The first-order valence-corrected chi connectivity index (χ1v) is 11.6. The lowest BCUT2D eigenvalue weighted by Crippen LogP contribution is -2.29. The topological polar surface area (TPSA) is 66.5 Å². The molecule has 6 heteroatoms. The minimum absolute atomic E-state index is 0.177. The van der Waals surface area contributed by atoms with E-state index >= 15 is 0 Å². The zero-order chi connectivity index (χ0) is 22.8. The standard InChI is InChI=1S/C25H28N2O3S/c1-17-11-14-23(19(3)15-17)20(4)26-25(28)21-13-12-18(2)24(16-21)27(5)31(29,30)22-9-7-6-8-10-22/h6-16,20H,1-5H3,(H,26,28)/t20-/m1/s1. The van der Waals surface area contributed by atoms with Gasteiger partial charge in [0.2, 0.25) is 0 Å². The molecule has 3 aromatic carbocycles. The van der Waals surface area contributed by atoms with Crippen molar-refractivity contribution in [3.63, 3.8) is 0 Å². The Hall–Kier alpha value is -3.12. The van der Waals surface area contributed by atoms with E-state index in [4.69, 9.17) is 0 Å². The fourth-order valence-corrected chi connectivity index (χ4v) is 4.91. The smallest absolute Gasteiger partial charge is 0.264 e. The number of anilines is 1. The lowest BCUT2D eigenvalue weighted by Gasteiger charge is -2.23. The number of carbonyl (C=O) groups excluding carboxylic acids is 1. The monoisotopic (exact) mass is 436 g/mol. The van der Waals surface area contributed by atoms with Gasteiger partial charge in [-0.05, 0) is 68.7 Å². The number of nitrogens with zero attached hydrogens (tertiary/aromatic N) is 1. The molecular formula is C25H28N2O3S. The van der Waals surface area contributed by atoms with Crippen molar-refractivity contribution in [2.45, 2.75) is 38.6 Å². The first-order chi connectivity index (χ1) is 14.6. The summed E-state index contributed by atoms with van der Waals surface area (Å²) in [6.45, 7) is 7.83. The van der Waals surface area contributed by atoms with E-state index in [2.05, 4.69) is 11.4 Å². The first kappa shape index (κ1) is 22.6. The van der Waals surface area contributed by atoms with E-state index < -0.39 is 10.0 Å². The Morgan fingerprint density at radius 3 is 2.23 bits per heavy atom. The number of rotatable bonds is 6. The van der Waals surface area contributed by atoms with E-state index in [-0.39, 0.29) is 16.8 Å². The highest BCUT2D eigenvalue weighted by molar-refractivity contribution is 7.92. The number of hydrogen-bond donors (Lipinski definition) is 1. The third kappa shape index (κ3) is 4.80. The molecule has 162 valence electrons. The van der Waals surface area contributed by atoms with Crippen molar-refractivity contribution in [1.82, 2.24) is 5.32 Å². The van der Waals surface area contributed by atoms with Gasteiger partial charge in [-0.2, -0.15) is 0 Å². The molecule has 1 N–H and O–H groups in total. The summed E-state index contributed by atoms with van der Waals surface area (Å²) in [5, 5.41) is 3.02. The largest absolute Gasteiger partial charge is 0.346 e. The fraction of sp³-hybridized carbons (Fsp3) is 0.240. The summed E-state index contributed by atoms with van der Waals surface area (Å²) in [6.07, 6.45) is 0. The molecule has 0 aliphatic heterocycles. The Morgan fingerprint density at radius 2 is 1.58 bits per heavy atom. The zero-order valence-electron chi connectivity index (χ0n) is 18.5. The Balaban J connectivity index is 1.87. The average Bonchev–Trinajstić information content (AvgIpc) is 2.74. The van der Waals surface area contributed by atoms with Crippen molar-refractivity contribution < 1.29 is 13.2 Å². The third-order valence-corrected chi connectivity index (χ3v) is 7.24. The van der Waals surface area contributed by atoms with Crippen molar-refractivity contribution in [2.75, 3.05) is 11.4 Å². The molecule has 0 aliphatic carbocycles. The minimum atomic E-state index is -3.73. The molecule has 0 aromatic heterocycles. The molecule has 1 atom stereocenters. The molecule has 0 aliphatic rings. The summed E-state index contributed by atoms with van der Waals surface area (Å²) in [5.41, 5.74) is 4.98. The summed E-state index contributed by atoms with van der Waals surface area (Å²) >= 11 is 0. The fourth-order valence-electron chi connectivity index (χ4n) is 3.64.